The van der Waals surface area contributed by atoms with Gasteiger partial charge in [-0.05, 0) is 37.5 Å². The minimum absolute atomic E-state index is 0.577. The topological polar surface area (TPSA) is 38.0 Å². The minimum Gasteiger partial charge on any atom is -0.329 e. The van der Waals surface area contributed by atoms with E-state index in [-0.39, 0.29) is 0 Å². The maximum Gasteiger partial charge on any atom is 0.0195 e. The second-order valence-corrected chi connectivity index (χ2v) is 6.45. The Morgan fingerprint density at radius 2 is 1.88 bits per heavy atom. The highest BCUT2D eigenvalue weighted by molar-refractivity contribution is 4.84. The Hall–Kier alpha value is -0.0800. The summed E-state index contributed by atoms with van der Waals surface area (Å²) in [4.78, 5) is 0. The van der Waals surface area contributed by atoms with Crippen LogP contribution in [0.15, 0.2) is 0 Å². The van der Waals surface area contributed by atoms with E-state index in [4.69, 9.17) is 5.73 Å². The average Bonchev–Trinajstić information content (AvgIpc) is 2.75. The summed E-state index contributed by atoms with van der Waals surface area (Å²) in [6, 6.07) is 1.33. The number of rotatable bonds is 5. The number of hydrogen-bond donors (Lipinski definition) is 2. The molecule has 2 aliphatic rings. The quantitative estimate of drug-likeness (QED) is 0.772. The highest BCUT2D eigenvalue weighted by Gasteiger charge is 2.25. The summed E-state index contributed by atoms with van der Waals surface area (Å²) in [7, 11) is 0. The van der Waals surface area contributed by atoms with Gasteiger partial charge in [-0.15, -0.1) is 0 Å². The van der Waals surface area contributed by atoms with Gasteiger partial charge in [0.1, 0.15) is 0 Å². The zero-order valence-corrected chi connectivity index (χ0v) is 11.5. The fraction of sp³-hybridized carbons (Fsp3) is 1.00. The molecule has 0 aromatic heterocycles. The molecule has 2 fully saturated rings. The van der Waals surface area contributed by atoms with Crippen molar-refractivity contribution in [3.05, 3.63) is 0 Å². The molecule has 0 saturated heterocycles. The Morgan fingerprint density at radius 3 is 2.47 bits per heavy atom. The van der Waals surface area contributed by atoms with Gasteiger partial charge in [-0.3, -0.25) is 0 Å². The van der Waals surface area contributed by atoms with Gasteiger partial charge in [-0.1, -0.05) is 39.0 Å². The van der Waals surface area contributed by atoms with Gasteiger partial charge in [-0.2, -0.15) is 0 Å². The molecule has 0 spiro atoms. The standard InChI is InChI=1S/C15H30N2/c1-12-7-8-14(9-12)17-15(11-16)10-13-5-3-2-4-6-13/h12-15,17H,2-11,16H2,1H3. The van der Waals surface area contributed by atoms with Gasteiger partial charge in [0, 0.05) is 18.6 Å². The molecule has 0 radical (unpaired) electrons. The summed E-state index contributed by atoms with van der Waals surface area (Å²) in [5, 5.41) is 3.82. The second kappa shape index (κ2) is 6.75. The first-order valence-electron chi connectivity index (χ1n) is 7.74. The third kappa shape index (κ3) is 4.26. The normalized spacial score (nSPS) is 32.8. The molecule has 17 heavy (non-hydrogen) atoms. The van der Waals surface area contributed by atoms with E-state index in [1.165, 1.54) is 57.8 Å². The molecule has 3 N–H and O–H groups in total. The molecule has 0 aliphatic heterocycles. The first-order chi connectivity index (χ1) is 8.28. The van der Waals surface area contributed by atoms with Crippen molar-refractivity contribution in [2.45, 2.75) is 76.8 Å². The monoisotopic (exact) mass is 238 g/mol. The van der Waals surface area contributed by atoms with Crippen molar-refractivity contribution in [1.82, 2.24) is 5.32 Å². The van der Waals surface area contributed by atoms with Crippen LogP contribution in [0.25, 0.3) is 0 Å². The highest BCUT2D eigenvalue weighted by atomic mass is 15.0. The molecule has 0 aromatic rings. The van der Waals surface area contributed by atoms with Gasteiger partial charge >= 0.3 is 0 Å². The smallest absolute Gasteiger partial charge is 0.0195 e. The summed E-state index contributed by atoms with van der Waals surface area (Å²) in [6.07, 6.45) is 12.7. The minimum atomic E-state index is 0.577. The Kier molecular flexibility index (Phi) is 5.30. The van der Waals surface area contributed by atoms with E-state index in [1.54, 1.807) is 0 Å². The number of nitrogens with one attached hydrogen (secondary N) is 1. The molecular weight excluding hydrogens is 208 g/mol. The van der Waals surface area contributed by atoms with Crippen LogP contribution < -0.4 is 11.1 Å². The second-order valence-electron chi connectivity index (χ2n) is 6.45. The molecule has 2 saturated carbocycles. The van der Waals surface area contributed by atoms with Crippen molar-refractivity contribution >= 4 is 0 Å². The van der Waals surface area contributed by atoms with Crippen molar-refractivity contribution < 1.29 is 0 Å². The maximum absolute atomic E-state index is 5.94. The van der Waals surface area contributed by atoms with Crippen LogP contribution in [0.4, 0.5) is 0 Å². The van der Waals surface area contributed by atoms with Gasteiger partial charge < -0.3 is 11.1 Å². The molecular formula is C15H30N2. The average molecular weight is 238 g/mol. The fourth-order valence-electron chi connectivity index (χ4n) is 3.75. The third-order valence-electron chi connectivity index (χ3n) is 4.79. The van der Waals surface area contributed by atoms with Crippen LogP contribution in [0.1, 0.15) is 64.7 Å². The van der Waals surface area contributed by atoms with E-state index in [2.05, 4.69) is 12.2 Å². The molecule has 0 bridgehead atoms. The van der Waals surface area contributed by atoms with E-state index >= 15 is 0 Å². The van der Waals surface area contributed by atoms with Crippen LogP contribution in [-0.2, 0) is 0 Å². The lowest BCUT2D eigenvalue weighted by Gasteiger charge is -2.28. The molecule has 100 valence electrons. The van der Waals surface area contributed by atoms with Crippen LogP contribution in [0.5, 0.6) is 0 Å². The Labute approximate surface area is 107 Å². The summed E-state index contributed by atoms with van der Waals surface area (Å²) >= 11 is 0. The molecule has 2 heteroatoms. The maximum atomic E-state index is 5.94. The van der Waals surface area contributed by atoms with Crippen LogP contribution in [0, 0.1) is 11.8 Å². The van der Waals surface area contributed by atoms with Gasteiger partial charge in [-0.25, -0.2) is 0 Å². The van der Waals surface area contributed by atoms with Crippen molar-refractivity contribution in [1.29, 1.82) is 0 Å². The van der Waals surface area contributed by atoms with Gasteiger partial charge in [0.15, 0.2) is 0 Å². The Morgan fingerprint density at radius 1 is 1.12 bits per heavy atom. The number of hydrogen-bond acceptors (Lipinski definition) is 2. The molecule has 2 nitrogen and oxygen atoms in total. The van der Waals surface area contributed by atoms with Crippen molar-refractivity contribution in [2.75, 3.05) is 6.54 Å². The van der Waals surface area contributed by atoms with E-state index < -0.39 is 0 Å². The summed E-state index contributed by atoms with van der Waals surface area (Å²) in [5.74, 6) is 1.87. The lowest BCUT2D eigenvalue weighted by atomic mass is 9.84. The van der Waals surface area contributed by atoms with Crippen LogP contribution in [0.3, 0.4) is 0 Å². The Bertz CT molecular complexity index is 204. The van der Waals surface area contributed by atoms with E-state index in [0.717, 1.165) is 24.4 Å². The van der Waals surface area contributed by atoms with E-state index in [0.29, 0.717) is 6.04 Å². The Balaban J connectivity index is 1.72. The molecule has 0 aromatic carbocycles. The molecule has 0 amide bonds. The zero-order valence-electron chi connectivity index (χ0n) is 11.5. The molecule has 2 aliphatic carbocycles. The SMILES string of the molecule is CC1CCC(NC(CN)CC2CCCCC2)C1. The lowest BCUT2D eigenvalue weighted by Crippen LogP contribution is -2.43. The summed E-state index contributed by atoms with van der Waals surface area (Å²) < 4.78 is 0. The predicted molar refractivity (Wildman–Crippen MR) is 74.0 cm³/mol. The fourth-order valence-corrected chi connectivity index (χ4v) is 3.75. The first kappa shape index (κ1) is 13.4. The van der Waals surface area contributed by atoms with Crippen molar-refractivity contribution in [3.8, 4) is 0 Å². The zero-order chi connectivity index (χ0) is 12.1. The first-order valence-corrected chi connectivity index (χ1v) is 7.74. The van der Waals surface area contributed by atoms with Crippen LogP contribution in [-0.4, -0.2) is 18.6 Å². The molecule has 2 rings (SSSR count). The van der Waals surface area contributed by atoms with Crippen LogP contribution >= 0.6 is 0 Å². The highest BCUT2D eigenvalue weighted by Crippen LogP contribution is 2.29. The van der Waals surface area contributed by atoms with E-state index in [1.807, 2.05) is 0 Å². The summed E-state index contributed by atoms with van der Waals surface area (Å²) in [6.45, 7) is 3.20. The number of nitrogens with two attached hydrogens (primary N) is 1. The summed E-state index contributed by atoms with van der Waals surface area (Å²) in [5.41, 5.74) is 5.94. The van der Waals surface area contributed by atoms with Crippen LogP contribution in [0.2, 0.25) is 0 Å². The predicted octanol–water partition coefficient (Wildman–Crippen LogP) is 3.06. The van der Waals surface area contributed by atoms with Gasteiger partial charge in [0.2, 0.25) is 0 Å². The van der Waals surface area contributed by atoms with Crippen molar-refractivity contribution in [2.24, 2.45) is 17.6 Å². The molecule has 3 unspecified atom stereocenters. The van der Waals surface area contributed by atoms with Crippen molar-refractivity contribution in [3.63, 3.8) is 0 Å². The molecule has 3 atom stereocenters. The van der Waals surface area contributed by atoms with Gasteiger partial charge in [0.25, 0.3) is 0 Å². The largest absolute Gasteiger partial charge is 0.329 e. The third-order valence-corrected chi connectivity index (χ3v) is 4.79. The van der Waals surface area contributed by atoms with E-state index in [9.17, 15) is 0 Å². The van der Waals surface area contributed by atoms with Gasteiger partial charge in [0.05, 0.1) is 0 Å². The lowest BCUT2D eigenvalue weighted by molar-refractivity contribution is 0.286. The molecule has 0 heterocycles.